The number of anilines is 1. The molecule has 22 heavy (non-hydrogen) atoms. The second-order valence-electron chi connectivity index (χ2n) is 6.45. The largest absolute Gasteiger partial charge is 0.465 e. The van der Waals surface area contributed by atoms with Gasteiger partial charge in [0.05, 0.1) is 6.54 Å². The highest BCUT2D eigenvalue weighted by atomic mass is 16.3. The number of likely N-dealkylation sites (tertiary alicyclic amines) is 1. The normalized spacial score (nSPS) is 24.9. The minimum absolute atomic E-state index is 0.541. The number of furan rings is 1. The van der Waals surface area contributed by atoms with Crippen molar-refractivity contribution in [1.82, 2.24) is 14.9 Å². The van der Waals surface area contributed by atoms with Crippen molar-refractivity contribution >= 4 is 5.95 Å². The van der Waals surface area contributed by atoms with E-state index in [-0.39, 0.29) is 0 Å². The molecular formula is C17H22N4O. The topological polar surface area (TPSA) is 45.4 Å². The Morgan fingerprint density at radius 3 is 2.59 bits per heavy atom. The second-order valence-corrected chi connectivity index (χ2v) is 6.45. The summed E-state index contributed by atoms with van der Waals surface area (Å²) in [7, 11) is 0. The lowest BCUT2D eigenvalue weighted by molar-refractivity contribution is 0.225. The van der Waals surface area contributed by atoms with Gasteiger partial charge in [-0.05, 0) is 44.4 Å². The van der Waals surface area contributed by atoms with E-state index in [0.29, 0.717) is 12.1 Å². The number of aryl methyl sites for hydroxylation is 2. The zero-order valence-corrected chi connectivity index (χ0v) is 13.2. The summed E-state index contributed by atoms with van der Waals surface area (Å²) in [6.07, 6.45) is 6.19. The molecule has 0 amide bonds. The van der Waals surface area contributed by atoms with Crippen molar-refractivity contribution in [2.45, 2.75) is 45.3 Å². The molecule has 5 nitrogen and oxygen atoms in total. The number of nitrogens with zero attached hydrogens (tertiary/aromatic N) is 4. The predicted molar refractivity (Wildman–Crippen MR) is 84.8 cm³/mol. The molecule has 0 radical (unpaired) electrons. The van der Waals surface area contributed by atoms with Gasteiger partial charge in [-0.15, -0.1) is 0 Å². The van der Waals surface area contributed by atoms with Gasteiger partial charge in [0.1, 0.15) is 11.5 Å². The first kappa shape index (κ1) is 13.8. The summed E-state index contributed by atoms with van der Waals surface area (Å²) in [5, 5.41) is 0. The number of rotatable bonds is 3. The molecule has 0 bridgehead atoms. The van der Waals surface area contributed by atoms with Crippen molar-refractivity contribution in [2.75, 3.05) is 18.0 Å². The first-order valence-corrected chi connectivity index (χ1v) is 8.05. The average Bonchev–Trinajstić information content (AvgIpc) is 3.19. The first-order valence-electron chi connectivity index (χ1n) is 8.05. The van der Waals surface area contributed by atoms with E-state index in [1.807, 2.05) is 32.3 Å². The van der Waals surface area contributed by atoms with Crippen molar-refractivity contribution < 1.29 is 4.42 Å². The Balaban J connectivity index is 1.48. The Morgan fingerprint density at radius 2 is 1.86 bits per heavy atom. The summed E-state index contributed by atoms with van der Waals surface area (Å²) in [5.41, 5.74) is 1.11. The van der Waals surface area contributed by atoms with Gasteiger partial charge in [0.25, 0.3) is 0 Å². The highest BCUT2D eigenvalue weighted by Crippen LogP contribution is 2.34. The zero-order chi connectivity index (χ0) is 15.1. The van der Waals surface area contributed by atoms with Crippen molar-refractivity contribution in [3.05, 3.63) is 41.6 Å². The SMILES string of the molecule is Cc1cnc(N2CC[C@H]3[C@@H]2CCN3Cc2ccc(C)o2)nc1. The van der Waals surface area contributed by atoms with Crippen molar-refractivity contribution in [3.63, 3.8) is 0 Å². The minimum Gasteiger partial charge on any atom is -0.465 e. The van der Waals surface area contributed by atoms with E-state index in [9.17, 15) is 0 Å². The number of hydrogen-bond acceptors (Lipinski definition) is 5. The molecule has 2 atom stereocenters. The van der Waals surface area contributed by atoms with Gasteiger partial charge in [-0.25, -0.2) is 9.97 Å². The summed E-state index contributed by atoms with van der Waals surface area (Å²) in [6, 6.07) is 5.27. The average molecular weight is 298 g/mol. The van der Waals surface area contributed by atoms with Crippen molar-refractivity contribution in [1.29, 1.82) is 0 Å². The second kappa shape index (κ2) is 5.39. The molecule has 116 valence electrons. The van der Waals surface area contributed by atoms with Gasteiger partial charge < -0.3 is 9.32 Å². The Labute approximate surface area is 131 Å². The van der Waals surface area contributed by atoms with Gasteiger partial charge in [0, 0.05) is 37.6 Å². The fourth-order valence-corrected chi connectivity index (χ4v) is 3.82. The molecular weight excluding hydrogens is 276 g/mol. The van der Waals surface area contributed by atoms with Crippen LogP contribution in [-0.2, 0) is 6.54 Å². The summed E-state index contributed by atoms with van der Waals surface area (Å²) < 4.78 is 5.74. The summed E-state index contributed by atoms with van der Waals surface area (Å²) in [5.74, 6) is 2.95. The van der Waals surface area contributed by atoms with Crippen LogP contribution in [0.1, 0.15) is 29.9 Å². The maximum Gasteiger partial charge on any atom is 0.225 e. The monoisotopic (exact) mass is 298 g/mol. The lowest BCUT2D eigenvalue weighted by Gasteiger charge is -2.25. The van der Waals surface area contributed by atoms with Gasteiger partial charge in [-0.1, -0.05) is 0 Å². The quantitative estimate of drug-likeness (QED) is 0.871. The number of aromatic nitrogens is 2. The van der Waals surface area contributed by atoms with Gasteiger partial charge in [-0.3, -0.25) is 4.90 Å². The van der Waals surface area contributed by atoms with Crippen LogP contribution in [0.3, 0.4) is 0 Å². The van der Waals surface area contributed by atoms with Crippen LogP contribution in [0, 0.1) is 13.8 Å². The van der Waals surface area contributed by atoms with Crippen LogP contribution >= 0.6 is 0 Å². The molecule has 0 aliphatic carbocycles. The van der Waals surface area contributed by atoms with Crippen LogP contribution in [0.4, 0.5) is 5.95 Å². The molecule has 2 aliphatic rings. The third-order valence-electron chi connectivity index (χ3n) is 4.87. The molecule has 0 saturated carbocycles. The van der Waals surface area contributed by atoms with E-state index >= 15 is 0 Å². The Hall–Kier alpha value is -1.88. The Bertz CT molecular complexity index is 651. The van der Waals surface area contributed by atoms with Crippen molar-refractivity contribution in [2.24, 2.45) is 0 Å². The number of hydrogen-bond donors (Lipinski definition) is 0. The molecule has 0 unspecified atom stereocenters. The van der Waals surface area contributed by atoms with Gasteiger partial charge in [0.15, 0.2) is 0 Å². The molecule has 2 saturated heterocycles. The maximum absolute atomic E-state index is 5.74. The Kier molecular flexibility index (Phi) is 3.37. The van der Waals surface area contributed by atoms with Crippen LogP contribution in [0.5, 0.6) is 0 Å². The first-order chi connectivity index (χ1) is 10.7. The predicted octanol–water partition coefficient (Wildman–Crippen LogP) is 2.54. The molecule has 2 aromatic heterocycles. The third-order valence-corrected chi connectivity index (χ3v) is 4.87. The zero-order valence-electron chi connectivity index (χ0n) is 13.2. The molecule has 4 rings (SSSR count). The highest BCUT2D eigenvalue weighted by Gasteiger charge is 2.43. The standard InChI is InChI=1S/C17H22N4O/c1-12-9-18-17(19-10-12)21-8-6-15-16(21)5-7-20(15)11-14-4-3-13(2)22-14/h3-4,9-10,15-16H,5-8,11H2,1-2H3/t15-,16-/m0/s1. The lowest BCUT2D eigenvalue weighted by atomic mass is 10.1. The lowest BCUT2D eigenvalue weighted by Crippen LogP contribution is -2.37. The molecule has 0 N–H and O–H groups in total. The molecule has 2 aliphatic heterocycles. The van der Waals surface area contributed by atoms with Crippen LogP contribution in [-0.4, -0.2) is 40.0 Å². The molecule has 0 aromatic carbocycles. The third kappa shape index (κ3) is 2.39. The summed E-state index contributed by atoms with van der Waals surface area (Å²) >= 11 is 0. The minimum atomic E-state index is 0.541. The van der Waals surface area contributed by atoms with E-state index in [2.05, 4.69) is 25.8 Å². The van der Waals surface area contributed by atoms with Crippen LogP contribution in [0.15, 0.2) is 28.9 Å². The Morgan fingerprint density at radius 1 is 1.09 bits per heavy atom. The van der Waals surface area contributed by atoms with Crippen LogP contribution < -0.4 is 4.90 Å². The van der Waals surface area contributed by atoms with Crippen LogP contribution in [0.25, 0.3) is 0 Å². The van der Waals surface area contributed by atoms with E-state index < -0.39 is 0 Å². The molecule has 5 heteroatoms. The smallest absolute Gasteiger partial charge is 0.225 e. The van der Waals surface area contributed by atoms with E-state index in [4.69, 9.17) is 4.42 Å². The van der Waals surface area contributed by atoms with E-state index in [1.54, 1.807) is 0 Å². The van der Waals surface area contributed by atoms with Gasteiger partial charge in [0.2, 0.25) is 5.95 Å². The van der Waals surface area contributed by atoms with Gasteiger partial charge >= 0.3 is 0 Å². The fraction of sp³-hybridized carbons (Fsp3) is 0.529. The molecule has 4 heterocycles. The molecule has 2 aromatic rings. The van der Waals surface area contributed by atoms with Crippen molar-refractivity contribution in [3.8, 4) is 0 Å². The highest BCUT2D eigenvalue weighted by molar-refractivity contribution is 5.36. The van der Waals surface area contributed by atoms with E-state index in [1.165, 1.54) is 12.8 Å². The fourth-order valence-electron chi connectivity index (χ4n) is 3.82. The van der Waals surface area contributed by atoms with Gasteiger partial charge in [-0.2, -0.15) is 0 Å². The maximum atomic E-state index is 5.74. The molecule has 0 spiro atoms. The summed E-state index contributed by atoms with van der Waals surface area (Å²) in [4.78, 5) is 14.0. The van der Waals surface area contributed by atoms with E-state index in [0.717, 1.165) is 42.7 Å². The summed E-state index contributed by atoms with van der Waals surface area (Å²) in [6.45, 7) is 7.11. The number of fused-ring (bicyclic) bond motifs is 1. The van der Waals surface area contributed by atoms with Crippen LogP contribution in [0.2, 0.25) is 0 Å². The molecule has 2 fully saturated rings.